The zero-order valence-corrected chi connectivity index (χ0v) is 11.8. The molecule has 1 aliphatic heterocycles. The second-order valence-electron chi connectivity index (χ2n) is 4.98. The van der Waals surface area contributed by atoms with Crippen molar-refractivity contribution in [3.05, 3.63) is 53.9 Å². The molecule has 0 fully saturated rings. The van der Waals surface area contributed by atoms with E-state index in [-0.39, 0.29) is 18.4 Å². The summed E-state index contributed by atoms with van der Waals surface area (Å²) < 4.78 is 5.29. The van der Waals surface area contributed by atoms with E-state index in [1.165, 1.54) is 0 Å². The van der Waals surface area contributed by atoms with Gasteiger partial charge < -0.3 is 15.4 Å². The number of carbonyl (C=O) groups excluding carboxylic acids is 2. The number of hydrogen-bond acceptors (Lipinski definition) is 4. The van der Waals surface area contributed by atoms with E-state index in [1.54, 1.807) is 30.6 Å². The SMILES string of the molecule is O=C(Cc1cccnc1)NCc1ccc2c(c1)NC(=O)CO2. The zero-order valence-electron chi connectivity index (χ0n) is 11.8. The number of hydrogen-bond donors (Lipinski definition) is 2. The van der Waals surface area contributed by atoms with Crippen LogP contribution < -0.4 is 15.4 Å². The van der Waals surface area contributed by atoms with E-state index in [4.69, 9.17) is 4.74 Å². The summed E-state index contributed by atoms with van der Waals surface area (Å²) in [6.45, 7) is 0.427. The van der Waals surface area contributed by atoms with Gasteiger partial charge in [-0.05, 0) is 29.3 Å². The minimum absolute atomic E-state index is 0.0359. The normalized spacial score (nSPS) is 12.8. The summed E-state index contributed by atoms with van der Waals surface area (Å²) in [5, 5.41) is 5.59. The van der Waals surface area contributed by atoms with Crippen molar-refractivity contribution in [1.29, 1.82) is 0 Å². The number of anilines is 1. The Kier molecular flexibility index (Phi) is 4.00. The molecule has 1 aromatic heterocycles. The fourth-order valence-corrected chi connectivity index (χ4v) is 2.19. The van der Waals surface area contributed by atoms with Gasteiger partial charge in [0.05, 0.1) is 12.1 Å². The minimum Gasteiger partial charge on any atom is -0.482 e. The van der Waals surface area contributed by atoms with Crippen molar-refractivity contribution in [1.82, 2.24) is 10.3 Å². The Bertz CT molecular complexity index is 701. The van der Waals surface area contributed by atoms with Gasteiger partial charge >= 0.3 is 0 Å². The van der Waals surface area contributed by atoms with Crippen LogP contribution in [0, 0.1) is 0 Å². The fraction of sp³-hybridized carbons (Fsp3) is 0.188. The molecule has 2 amide bonds. The smallest absolute Gasteiger partial charge is 0.262 e. The van der Waals surface area contributed by atoms with Gasteiger partial charge in [0, 0.05) is 18.9 Å². The summed E-state index contributed by atoms with van der Waals surface area (Å²) in [6.07, 6.45) is 3.63. The predicted octanol–water partition coefficient (Wildman–Crippen LogP) is 1.27. The molecule has 0 radical (unpaired) electrons. The van der Waals surface area contributed by atoms with E-state index >= 15 is 0 Å². The number of amides is 2. The Morgan fingerprint density at radius 3 is 3.05 bits per heavy atom. The predicted molar refractivity (Wildman–Crippen MR) is 80.4 cm³/mol. The first-order valence-electron chi connectivity index (χ1n) is 6.92. The van der Waals surface area contributed by atoms with Gasteiger partial charge in [0.25, 0.3) is 5.91 Å². The summed E-state index contributed by atoms with van der Waals surface area (Å²) >= 11 is 0. The van der Waals surface area contributed by atoms with Crippen LogP contribution in [0.1, 0.15) is 11.1 Å². The van der Waals surface area contributed by atoms with Crippen molar-refractivity contribution in [3.63, 3.8) is 0 Å². The van der Waals surface area contributed by atoms with E-state index in [0.717, 1.165) is 11.1 Å². The monoisotopic (exact) mass is 297 g/mol. The van der Waals surface area contributed by atoms with Gasteiger partial charge in [-0.25, -0.2) is 0 Å². The van der Waals surface area contributed by atoms with Crippen LogP contribution in [0.25, 0.3) is 0 Å². The molecular formula is C16H15N3O3. The number of pyridine rings is 1. The number of nitrogens with zero attached hydrogens (tertiary/aromatic N) is 1. The zero-order chi connectivity index (χ0) is 15.4. The van der Waals surface area contributed by atoms with Crippen LogP contribution in [0.5, 0.6) is 5.75 Å². The highest BCUT2D eigenvalue weighted by Crippen LogP contribution is 2.28. The van der Waals surface area contributed by atoms with E-state index in [9.17, 15) is 9.59 Å². The number of carbonyl (C=O) groups is 2. The summed E-state index contributed by atoms with van der Waals surface area (Å²) in [4.78, 5) is 27.2. The lowest BCUT2D eigenvalue weighted by Gasteiger charge is -2.18. The van der Waals surface area contributed by atoms with Crippen LogP contribution in [0.4, 0.5) is 5.69 Å². The first-order chi connectivity index (χ1) is 10.7. The topological polar surface area (TPSA) is 80.3 Å². The van der Waals surface area contributed by atoms with E-state index in [2.05, 4.69) is 15.6 Å². The van der Waals surface area contributed by atoms with Crippen LogP contribution in [-0.2, 0) is 22.6 Å². The van der Waals surface area contributed by atoms with Crippen molar-refractivity contribution in [3.8, 4) is 5.75 Å². The Morgan fingerprint density at radius 1 is 1.32 bits per heavy atom. The second-order valence-corrected chi connectivity index (χ2v) is 4.98. The van der Waals surface area contributed by atoms with Crippen molar-refractivity contribution in [2.75, 3.05) is 11.9 Å². The molecular weight excluding hydrogens is 282 g/mol. The van der Waals surface area contributed by atoms with Crippen molar-refractivity contribution >= 4 is 17.5 Å². The highest BCUT2D eigenvalue weighted by Gasteiger charge is 2.15. The molecule has 3 rings (SSSR count). The molecule has 2 aromatic rings. The Morgan fingerprint density at radius 2 is 2.23 bits per heavy atom. The van der Waals surface area contributed by atoms with Crippen molar-refractivity contribution < 1.29 is 14.3 Å². The standard InChI is InChI=1S/C16H15N3O3/c20-15(7-11-2-1-5-17-8-11)18-9-12-3-4-14-13(6-12)19-16(21)10-22-14/h1-6,8H,7,9-10H2,(H,18,20)(H,19,21). The van der Waals surface area contributed by atoms with Gasteiger partial charge in [-0.1, -0.05) is 12.1 Å². The maximum absolute atomic E-state index is 11.9. The van der Waals surface area contributed by atoms with Gasteiger partial charge in [0.2, 0.25) is 5.91 Å². The Hall–Kier alpha value is -2.89. The minimum atomic E-state index is -0.176. The lowest BCUT2D eigenvalue weighted by Crippen LogP contribution is -2.26. The van der Waals surface area contributed by atoms with E-state index < -0.39 is 0 Å². The second kappa shape index (κ2) is 6.26. The molecule has 1 aromatic carbocycles. The molecule has 2 heterocycles. The molecule has 0 aliphatic carbocycles. The quantitative estimate of drug-likeness (QED) is 0.890. The van der Waals surface area contributed by atoms with Crippen LogP contribution in [0.15, 0.2) is 42.7 Å². The summed E-state index contributed by atoms with van der Waals surface area (Å²) in [5.74, 6) is 0.390. The third-order valence-corrected chi connectivity index (χ3v) is 3.25. The molecule has 0 bridgehead atoms. The average molecular weight is 297 g/mol. The van der Waals surface area contributed by atoms with Gasteiger partial charge in [-0.15, -0.1) is 0 Å². The largest absolute Gasteiger partial charge is 0.482 e. The maximum Gasteiger partial charge on any atom is 0.262 e. The number of benzene rings is 1. The van der Waals surface area contributed by atoms with Crippen molar-refractivity contribution in [2.45, 2.75) is 13.0 Å². The highest BCUT2D eigenvalue weighted by molar-refractivity contribution is 5.95. The van der Waals surface area contributed by atoms with Crippen LogP contribution in [0.2, 0.25) is 0 Å². The van der Waals surface area contributed by atoms with Gasteiger partial charge in [0.15, 0.2) is 6.61 Å². The third kappa shape index (κ3) is 3.41. The highest BCUT2D eigenvalue weighted by atomic mass is 16.5. The molecule has 0 saturated carbocycles. The lowest BCUT2D eigenvalue weighted by molar-refractivity contribution is -0.120. The lowest BCUT2D eigenvalue weighted by atomic mass is 10.1. The van der Waals surface area contributed by atoms with Crippen molar-refractivity contribution in [2.24, 2.45) is 0 Å². The Balaban J connectivity index is 1.58. The fourth-order valence-electron chi connectivity index (χ4n) is 2.19. The van der Waals surface area contributed by atoms with Gasteiger partial charge in [-0.2, -0.15) is 0 Å². The number of nitrogens with one attached hydrogen (secondary N) is 2. The molecule has 112 valence electrons. The van der Waals surface area contributed by atoms with Gasteiger partial charge in [0.1, 0.15) is 5.75 Å². The summed E-state index contributed by atoms with van der Waals surface area (Å²) in [5.41, 5.74) is 2.39. The molecule has 2 N–H and O–H groups in total. The van der Waals surface area contributed by atoms with Gasteiger partial charge in [-0.3, -0.25) is 14.6 Å². The third-order valence-electron chi connectivity index (χ3n) is 3.25. The molecule has 6 heteroatoms. The Labute approximate surface area is 127 Å². The first kappa shape index (κ1) is 14.1. The summed E-state index contributed by atoms with van der Waals surface area (Å²) in [7, 11) is 0. The number of ether oxygens (including phenoxy) is 1. The average Bonchev–Trinajstić information content (AvgIpc) is 2.53. The number of rotatable bonds is 4. The van der Waals surface area contributed by atoms with Crippen LogP contribution in [0.3, 0.4) is 0 Å². The first-order valence-corrected chi connectivity index (χ1v) is 6.92. The summed E-state index contributed by atoms with van der Waals surface area (Å²) in [6, 6.07) is 9.11. The number of aromatic nitrogens is 1. The molecule has 0 atom stereocenters. The van der Waals surface area contributed by atoms with Crippen LogP contribution >= 0.6 is 0 Å². The number of fused-ring (bicyclic) bond motifs is 1. The molecule has 6 nitrogen and oxygen atoms in total. The molecule has 0 spiro atoms. The molecule has 22 heavy (non-hydrogen) atoms. The molecule has 1 aliphatic rings. The van der Waals surface area contributed by atoms with E-state index in [1.807, 2.05) is 12.1 Å². The maximum atomic E-state index is 11.9. The molecule has 0 unspecified atom stereocenters. The van der Waals surface area contributed by atoms with Crippen LogP contribution in [-0.4, -0.2) is 23.4 Å². The molecule has 0 saturated heterocycles. The van der Waals surface area contributed by atoms with E-state index in [0.29, 0.717) is 24.4 Å².